The predicted octanol–water partition coefficient (Wildman–Crippen LogP) is 6.79. The lowest BCUT2D eigenvalue weighted by molar-refractivity contribution is -0.162. The van der Waals surface area contributed by atoms with Crippen LogP contribution in [0.3, 0.4) is 0 Å². The third-order valence-electron chi connectivity index (χ3n) is 5.80. The van der Waals surface area contributed by atoms with Crippen LogP contribution in [0.15, 0.2) is 72.6 Å². The van der Waals surface area contributed by atoms with Crippen molar-refractivity contribution in [3.63, 3.8) is 0 Å². The van der Waals surface area contributed by atoms with Crippen molar-refractivity contribution in [2.75, 3.05) is 13.2 Å². The van der Waals surface area contributed by atoms with Crippen LogP contribution in [0.1, 0.15) is 64.2 Å². The van der Waals surface area contributed by atoms with Gasteiger partial charge in [-0.05, 0) is 44.3 Å². The van der Waals surface area contributed by atoms with Gasteiger partial charge in [-0.1, -0.05) is 92.4 Å². The van der Waals surface area contributed by atoms with E-state index in [9.17, 15) is 4.57 Å². The van der Waals surface area contributed by atoms with Crippen molar-refractivity contribution in [1.29, 1.82) is 0 Å². The molecule has 1 heterocycles. The monoisotopic (exact) mass is 440 g/mol. The fraction of sp³-hybridized carbons (Fsp3) is 0.481. The maximum atomic E-state index is 13.9. The summed E-state index contributed by atoms with van der Waals surface area (Å²) in [5.74, 6) is 1.96. The molecule has 31 heavy (non-hydrogen) atoms. The second-order valence-corrected chi connectivity index (χ2v) is 10.9. The summed E-state index contributed by atoms with van der Waals surface area (Å²) in [7, 11) is -2.71. The van der Waals surface area contributed by atoms with Crippen molar-refractivity contribution in [3.05, 3.63) is 72.6 Å². The Labute approximate surface area is 188 Å². The Morgan fingerprint density at radius 1 is 0.839 bits per heavy atom. The Morgan fingerprint density at radius 2 is 1.45 bits per heavy atom. The van der Waals surface area contributed by atoms with Crippen molar-refractivity contribution in [2.45, 2.75) is 70.5 Å². The van der Waals surface area contributed by atoms with Gasteiger partial charge in [0.05, 0.1) is 0 Å². The van der Waals surface area contributed by atoms with Crippen molar-refractivity contribution >= 4 is 17.8 Å². The molecular formula is C27H37O3P. The molecular weight excluding hydrogens is 403 g/mol. The second-order valence-electron chi connectivity index (χ2n) is 8.29. The second kappa shape index (κ2) is 13.7. The highest BCUT2D eigenvalue weighted by atomic mass is 31.2. The average molecular weight is 441 g/mol. The summed E-state index contributed by atoms with van der Waals surface area (Å²) in [5, 5.41) is 1.80. The van der Waals surface area contributed by atoms with Gasteiger partial charge in [0.1, 0.15) is 0 Å². The molecule has 1 unspecified atom stereocenters. The van der Waals surface area contributed by atoms with Crippen molar-refractivity contribution in [2.24, 2.45) is 0 Å². The van der Waals surface area contributed by atoms with Gasteiger partial charge in [0.2, 0.25) is 0 Å². The topological polar surface area (TPSA) is 35.5 Å². The summed E-state index contributed by atoms with van der Waals surface area (Å²) >= 11 is 0. The van der Waals surface area contributed by atoms with Crippen LogP contribution >= 0.6 is 7.14 Å². The maximum absolute atomic E-state index is 13.9. The number of hydrogen-bond donors (Lipinski definition) is 0. The van der Waals surface area contributed by atoms with Crippen LogP contribution in [0.2, 0.25) is 0 Å². The molecule has 0 bridgehead atoms. The largest absolute Gasteiger partial charge is 0.353 e. The van der Waals surface area contributed by atoms with Crippen LogP contribution in [-0.2, 0) is 14.0 Å². The Bertz CT molecular complexity index is 754. The number of hydrogen-bond acceptors (Lipinski definition) is 3. The maximum Gasteiger partial charge on any atom is 0.163 e. The molecule has 0 radical (unpaired) electrons. The van der Waals surface area contributed by atoms with Crippen LogP contribution in [0, 0.1) is 0 Å². The number of unbranched alkanes of at least 4 members (excludes halogenated alkanes) is 6. The normalized spacial score (nSPS) is 17.2. The first kappa shape index (κ1) is 24.0. The molecule has 3 nitrogen and oxygen atoms in total. The quantitative estimate of drug-likeness (QED) is 0.254. The molecule has 0 aromatic heterocycles. The van der Waals surface area contributed by atoms with E-state index in [0.717, 1.165) is 49.5 Å². The molecule has 1 aliphatic heterocycles. The Balaban J connectivity index is 1.33. The molecule has 0 saturated carbocycles. The molecule has 1 aliphatic rings. The van der Waals surface area contributed by atoms with E-state index in [2.05, 4.69) is 6.08 Å². The molecule has 2 aromatic rings. The van der Waals surface area contributed by atoms with E-state index < -0.39 is 7.14 Å². The van der Waals surface area contributed by atoms with E-state index in [0.29, 0.717) is 0 Å². The van der Waals surface area contributed by atoms with E-state index in [1.54, 1.807) is 0 Å². The first-order valence-corrected chi connectivity index (χ1v) is 13.7. The third kappa shape index (κ3) is 8.07. The van der Waals surface area contributed by atoms with Gasteiger partial charge in [0, 0.05) is 23.8 Å². The summed E-state index contributed by atoms with van der Waals surface area (Å²) in [6.07, 6.45) is 13.8. The number of rotatable bonds is 13. The smallest absolute Gasteiger partial charge is 0.163 e. The molecule has 3 rings (SSSR count). The molecule has 168 valence electrons. The number of allylic oxidation sites excluding steroid dienone is 1. The molecule has 0 spiro atoms. The highest BCUT2D eigenvalue weighted by Gasteiger charge is 2.23. The first-order valence-electron chi connectivity index (χ1n) is 11.9. The lowest BCUT2D eigenvalue weighted by atomic mass is 10.1. The van der Waals surface area contributed by atoms with Gasteiger partial charge in [-0.15, -0.1) is 0 Å². The number of ether oxygens (including phenoxy) is 2. The third-order valence-corrected chi connectivity index (χ3v) is 8.56. The van der Waals surface area contributed by atoms with Crippen LogP contribution in [0.5, 0.6) is 0 Å². The van der Waals surface area contributed by atoms with Crippen LogP contribution in [-0.4, -0.2) is 19.5 Å². The minimum atomic E-state index is -2.71. The fourth-order valence-corrected chi connectivity index (χ4v) is 6.29. The SMILES string of the molecule is O=P(C=CCCCCCCCCOC1CCCCO1)(c1ccccc1)c1ccccc1. The van der Waals surface area contributed by atoms with E-state index in [4.69, 9.17) is 9.47 Å². The summed E-state index contributed by atoms with van der Waals surface area (Å²) in [5.41, 5.74) is 0. The molecule has 1 saturated heterocycles. The van der Waals surface area contributed by atoms with E-state index >= 15 is 0 Å². The van der Waals surface area contributed by atoms with Gasteiger partial charge >= 0.3 is 0 Å². The molecule has 4 heteroatoms. The highest BCUT2D eigenvalue weighted by molar-refractivity contribution is 7.81. The zero-order valence-corrected chi connectivity index (χ0v) is 19.6. The lowest BCUT2D eigenvalue weighted by Gasteiger charge is -2.22. The minimum Gasteiger partial charge on any atom is -0.353 e. The van der Waals surface area contributed by atoms with E-state index in [1.807, 2.05) is 66.5 Å². The Hall–Kier alpha value is -1.67. The Morgan fingerprint density at radius 3 is 2.06 bits per heavy atom. The summed E-state index contributed by atoms with van der Waals surface area (Å²) in [6, 6.07) is 19.7. The van der Waals surface area contributed by atoms with Crippen LogP contribution < -0.4 is 10.6 Å². The highest BCUT2D eigenvalue weighted by Crippen LogP contribution is 2.45. The fourth-order valence-electron chi connectivity index (χ4n) is 3.97. The van der Waals surface area contributed by atoms with Gasteiger partial charge in [-0.3, -0.25) is 0 Å². The van der Waals surface area contributed by atoms with E-state index in [1.165, 1.54) is 38.5 Å². The van der Waals surface area contributed by atoms with Gasteiger partial charge in [0.25, 0.3) is 0 Å². The minimum absolute atomic E-state index is 0.0447. The molecule has 0 amide bonds. The summed E-state index contributed by atoms with van der Waals surface area (Å²) < 4.78 is 25.2. The summed E-state index contributed by atoms with van der Waals surface area (Å²) in [6.45, 7) is 1.67. The standard InChI is InChI=1S/C27H37O3P/c28-31(25-17-9-7-10-18-25,26-19-11-8-12-20-26)24-16-6-4-2-1-3-5-14-22-29-27-21-13-15-23-30-27/h7-12,16-20,24,27H,1-6,13-15,21-23H2. The summed E-state index contributed by atoms with van der Waals surface area (Å²) in [4.78, 5) is 0. The molecule has 1 fully saturated rings. The molecule has 1 atom stereocenters. The van der Waals surface area contributed by atoms with Crippen LogP contribution in [0.4, 0.5) is 0 Å². The van der Waals surface area contributed by atoms with E-state index in [-0.39, 0.29) is 6.29 Å². The van der Waals surface area contributed by atoms with Gasteiger partial charge in [-0.25, -0.2) is 0 Å². The average Bonchev–Trinajstić information content (AvgIpc) is 2.84. The van der Waals surface area contributed by atoms with Gasteiger partial charge < -0.3 is 14.0 Å². The number of benzene rings is 2. The van der Waals surface area contributed by atoms with Crippen molar-refractivity contribution in [3.8, 4) is 0 Å². The van der Waals surface area contributed by atoms with Crippen molar-refractivity contribution < 1.29 is 14.0 Å². The Kier molecular flexibility index (Phi) is 10.6. The molecule has 0 aliphatic carbocycles. The zero-order chi connectivity index (χ0) is 21.6. The van der Waals surface area contributed by atoms with Crippen LogP contribution in [0.25, 0.3) is 0 Å². The predicted molar refractivity (Wildman–Crippen MR) is 131 cm³/mol. The van der Waals surface area contributed by atoms with Gasteiger partial charge in [0.15, 0.2) is 13.4 Å². The lowest BCUT2D eigenvalue weighted by Crippen LogP contribution is -2.22. The first-order chi connectivity index (χ1) is 15.3. The van der Waals surface area contributed by atoms with Gasteiger partial charge in [-0.2, -0.15) is 0 Å². The van der Waals surface area contributed by atoms with Crippen molar-refractivity contribution in [1.82, 2.24) is 0 Å². The molecule has 2 aromatic carbocycles. The zero-order valence-electron chi connectivity index (χ0n) is 18.7. The molecule has 0 N–H and O–H groups in total.